The van der Waals surface area contributed by atoms with Crippen molar-refractivity contribution in [2.75, 3.05) is 0 Å². The van der Waals surface area contributed by atoms with Gasteiger partial charge in [0, 0.05) is 12.0 Å². The van der Waals surface area contributed by atoms with Gasteiger partial charge in [0.1, 0.15) is 17.3 Å². The molecular formula is C27H18N4O2. The average Bonchev–Trinajstić information content (AvgIpc) is 3.22. The lowest BCUT2D eigenvalue weighted by Gasteiger charge is -2.22. The molecule has 0 saturated heterocycles. The number of phenols is 1. The van der Waals surface area contributed by atoms with Crippen molar-refractivity contribution in [1.29, 1.82) is 0 Å². The largest absolute Gasteiger partial charge is 0.507 e. The normalized spacial score (nSPS) is 12.6. The number of hydrogen-bond acceptors (Lipinski definition) is 5. The van der Waals surface area contributed by atoms with Gasteiger partial charge in [-0.2, -0.15) is 4.98 Å². The maximum absolute atomic E-state index is 10.9. The highest BCUT2D eigenvalue weighted by molar-refractivity contribution is 5.90. The second-order valence-electron chi connectivity index (χ2n) is 8.43. The number of nitrogens with zero attached hydrogens (tertiary/aromatic N) is 4. The maximum atomic E-state index is 10.9. The number of rotatable bonds is 1. The molecule has 6 nitrogen and oxygen atoms in total. The topological polar surface area (TPSA) is 72.5 Å². The Hall–Kier alpha value is -4.45. The first-order chi connectivity index (χ1) is 16.2. The quantitative estimate of drug-likeness (QED) is 0.356. The molecule has 0 fully saturated rings. The molecule has 1 aliphatic heterocycles. The molecule has 0 bridgehead atoms. The van der Waals surface area contributed by atoms with Crippen molar-refractivity contribution in [2.45, 2.75) is 13.3 Å². The minimum Gasteiger partial charge on any atom is -0.507 e. The molecule has 6 aromatic rings. The van der Waals surface area contributed by atoms with E-state index in [2.05, 4.69) is 34.5 Å². The van der Waals surface area contributed by atoms with Gasteiger partial charge < -0.3 is 9.84 Å². The highest BCUT2D eigenvalue weighted by Gasteiger charge is 2.27. The van der Waals surface area contributed by atoms with Crippen LogP contribution in [0.25, 0.3) is 38.6 Å². The molecular weight excluding hydrogens is 412 g/mol. The van der Waals surface area contributed by atoms with Crippen LogP contribution in [0.1, 0.15) is 17.0 Å². The zero-order valence-corrected chi connectivity index (χ0v) is 17.8. The van der Waals surface area contributed by atoms with Gasteiger partial charge in [-0.1, -0.05) is 48.5 Å². The van der Waals surface area contributed by atoms with E-state index < -0.39 is 0 Å². The summed E-state index contributed by atoms with van der Waals surface area (Å²) in [6, 6.07) is 24.1. The van der Waals surface area contributed by atoms with E-state index >= 15 is 0 Å². The second kappa shape index (κ2) is 6.53. The molecule has 3 heterocycles. The van der Waals surface area contributed by atoms with Crippen molar-refractivity contribution in [3.8, 4) is 28.8 Å². The van der Waals surface area contributed by atoms with Crippen LogP contribution in [0.2, 0.25) is 0 Å². The third kappa shape index (κ3) is 2.64. The lowest BCUT2D eigenvalue weighted by atomic mass is 9.98. The monoisotopic (exact) mass is 430 g/mol. The van der Waals surface area contributed by atoms with E-state index in [-0.39, 0.29) is 5.75 Å². The number of phenolic OH excluding ortho intramolecular Hbond substituents is 1. The summed E-state index contributed by atoms with van der Waals surface area (Å²) in [6.07, 6.45) is 0.647. The Morgan fingerprint density at radius 2 is 1.52 bits per heavy atom. The molecule has 7 rings (SSSR count). The number of aryl methyl sites for hydroxylation is 1. The Bertz CT molecular complexity index is 1750. The molecule has 6 heteroatoms. The van der Waals surface area contributed by atoms with Gasteiger partial charge in [0.2, 0.25) is 5.88 Å². The fourth-order valence-corrected chi connectivity index (χ4v) is 4.74. The summed E-state index contributed by atoms with van der Waals surface area (Å²) in [6.45, 7) is 1.89. The summed E-state index contributed by atoms with van der Waals surface area (Å²) >= 11 is 0. The van der Waals surface area contributed by atoms with E-state index in [1.165, 1.54) is 5.39 Å². The Kier molecular flexibility index (Phi) is 3.59. The molecule has 0 aliphatic carbocycles. The summed E-state index contributed by atoms with van der Waals surface area (Å²) in [5.41, 5.74) is 3.28. The number of aromatic hydroxyl groups is 1. The minimum absolute atomic E-state index is 0.151. The molecule has 1 aliphatic rings. The Balaban J connectivity index is 1.48. The van der Waals surface area contributed by atoms with E-state index in [9.17, 15) is 5.11 Å². The van der Waals surface area contributed by atoms with Crippen molar-refractivity contribution in [2.24, 2.45) is 0 Å². The van der Waals surface area contributed by atoms with Crippen LogP contribution in [-0.2, 0) is 6.42 Å². The Morgan fingerprint density at radius 1 is 0.848 bits per heavy atom. The Labute approximate surface area is 188 Å². The van der Waals surface area contributed by atoms with Gasteiger partial charge in [-0.25, -0.2) is 0 Å². The van der Waals surface area contributed by atoms with E-state index in [1.54, 1.807) is 6.07 Å². The van der Waals surface area contributed by atoms with E-state index in [0.29, 0.717) is 35.2 Å². The van der Waals surface area contributed by atoms with Gasteiger partial charge in [0.05, 0.1) is 11.1 Å². The van der Waals surface area contributed by atoms with Gasteiger partial charge in [0.25, 0.3) is 0 Å². The van der Waals surface area contributed by atoms with Crippen LogP contribution in [0.3, 0.4) is 0 Å². The summed E-state index contributed by atoms with van der Waals surface area (Å²) in [5, 5.41) is 23.9. The average molecular weight is 430 g/mol. The molecule has 0 unspecified atom stereocenters. The third-order valence-corrected chi connectivity index (χ3v) is 6.38. The first-order valence-electron chi connectivity index (χ1n) is 10.8. The lowest BCUT2D eigenvalue weighted by Crippen LogP contribution is -2.10. The van der Waals surface area contributed by atoms with Crippen molar-refractivity contribution in [1.82, 2.24) is 19.6 Å². The number of fused-ring (bicyclic) bond motifs is 6. The molecule has 0 saturated carbocycles. The van der Waals surface area contributed by atoms with E-state index in [0.717, 1.165) is 33.0 Å². The summed E-state index contributed by atoms with van der Waals surface area (Å²) in [5.74, 6) is 2.70. The van der Waals surface area contributed by atoms with Crippen molar-refractivity contribution in [3.05, 3.63) is 89.7 Å². The fraction of sp³-hybridized carbons (Fsp3) is 0.0741. The first-order valence-corrected chi connectivity index (χ1v) is 10.8. The van der Waals surface area contributed by atoms with Crippen molar-refractivity contribution < 1.29 is 9.84 Å². The van der Waals surface area contributed by atoms with Crippen LogP contribution >= 0.6 is 0 Å². The van der Waals surface area contributed by atoms with Crippen LogP contribution < -0.4 is 4.74 Å². The van der Waals surface area contributed by atoms with Gasteiger partial charge >= 0.3 is 0 Å². The molecule has 158 valence electrons. The van der Waals surface area contributed by atoms with Gasteiger partial charge in [-0.3, -0.25) is 4.40 Å². The standard InChI is InChI=1S/C27H18N4O2/c1-15-29-30-26-22-12-20-10-16-6-2-5-9-19(16)14-24(20)33-27(22)28-25(31(15)26)21-11-17-7-3-4-8-18(17)13-23(21)32/h2-11,13-14,32H,12H2,1H3. The maximum Gasteiger partial charge on any atom is 0.228 e. The number of hydrogen-bond donors (Lipinski definition) is 1. The molecule has 1 N–H and O–H groups in total. The van der Waals surface area contributed by atoms with Crippen LogP contribution in [0, 0.1) is 6.92 Å². The lowest BCUT2D eigenvalue weighted by molar-refractivity contribution is 0.440. The Morgan fingerprint density at radius 3 is 2.27 bits per heavy atom. The number of benzene rings is 4. The SMILES string of the molecule is Cc1nnc2c3c(nc(-c4cc5ccccc5cc4O)n12)Oc1cc2ccccc2cc1C3. The smallest absolute Gasteiger partial charge is 0.228 e. The summed E-state index contributed by atoms with van der Waals surface area (Å²) < 4.78 is 8.22. The molecule has 0 radical (unpaired) electrons. The van der Waals surface area contributed by atoms with Crippen LogP contribution in [0.15, 0.2) is 72.8 Å². The molecule has 0 atom stereocenters. The predicted octanol–water partition coefficient (Wildman–Crippen LogP) is 5.81. The molecule has 0 amide bonds. The highest BCUT2D eigenvalue weighted by atomic mass is 16.5. The van der Waals surface area contributed by atoms with E-state index in [1.807, 2.05) is 53.8 Å². The molecule has 4 aromatic carbocycles. The summed E-state index contributed by atoms with van der Waals surface area (Å²) in [4.78, 5) is 4.89. The molecule has 2 aromatic heterocycles. The van der Waals surface area contributed by atoms with Crippen molar-refractivity contribution in [3.63, 3.8) is 0 Å². The predicted molar refractivity (Wildman–Crippen MR) is 127 cm³/mol. The third-order valence-electron chi connectivity index (χ3n) is 6.38. The zero-order chi connectivity index (χ0) is 22.1. The first kappa shape index (κ1) is 18.2. The number of ether oxygens (including phenoxy) is 1. The highest BCUT2D eigenvalue weighted by Crippen LogP contribution is 2.42. The molecule has 0 spiro atoms. The second-order valence-corrected chi connectivity index (χ2v) is 8.43. The van der Waals surface area contributed by atoms with Gasteiger partial charge in [-0.05, 0) is 52.7 Å². The minimum atomic E-state index is 0.151. The fourth-order valence-electron chi connectivity index (χ4n) is 4.74. The van der Waals surface area contributed by atoms with Crippen LogP contribution in [0.4, 0.5) is 0 Å². The van der Waals surface area contributed by atoms with Crippen molar-refractivity contribution >= 4 is 27.2 Å². The molecule has 33 heavy (non-hydrogen) atoms. The number of aromatic nitrogens is 4. The zero-order valence-electron chi connectivity index (χ0n) is 17.8. The summed E-state index contributed by atoms with van der Waals surface area (Å²) in [7, 11) is 0. The van der Waals surface area contributed by atoms with Crippen LogP contribution in [0.5, 0.6) is 17.4 Å². The van der Waals surface area contributed by atoms with Gasteiger partial charge in [0.15, 0.2) is 11.5 Å². The van der Waals surface area contributed by atoms with Gasteiger partial charge in [-0.15, -0.1) is 10.2 Å². The van der Waals surface area contributed by atoms with Crippen LogP contribution in [-0.4, -0.2) is 24.7 Å². The van der Waals surface area contributed by atoms with E-state index in [4.69, 9.17) is 9.72 Å².